The number of anilines is 4. The minimum absolute atomic E-state index is 0.0447. The van der Waals surface area contributed by atoms with E-state index in [1.807, 2.05) is 19.1 Å². The fourth-order valence-corrected chi connectivity index (χ4v) is 4.18. The quantitative estimate of drug-likeness (QED) is 0.695. The number of amides is 1. The highest BCUT2D eigenvalue weighted by atomic mass is 16.1. The summed E-state index contributed by atoms with van der Waals surface area (Å²) in [6.07, 6.45) is 5.93. The van der Waals surface area contributed by atoms with E-state index in [1.54, 1.807) is 19.5 Å². The number of carbonyl (C=O) groups excluding carboxylic acids is 1. The Labute approximate surface area is 171 Å². The van der Waals surface area contributed by atoms with Crippen molar-refractivity contribution in [1.82, 2.24) is 0 Å². The third kappa shape index (κ3) is 3.70. The molecule has 150 valence electrons. The van der Waals surface area contributed by atoms with Crippen LogP contribution in [0.5, 0.6) is 0 Å². The summed E-state index contributed by atoms with van der Waals surface area (Å²) >= 11 is 0. The van der Waals surface area contributed by atoms with E-state index < -0.39 is 0 Å². The molecule has 6 nitrogen and oxygen atoms in total. The van der Waals surface area contributed by atoms with Gasteiger partial charge in [0.05, 0.1) is 17.1 Å². The monoisotopic (exact) mass is 389 g/mol. The van der Waals surface area contributed by atoms with Gasteiger partial charge < -0.3 is 21.3 Å². The molecule has 2 aromatic carbocycles. The van der Waals surface area contributed by atoms with Crippen LogP contribution in [-0.4, -0.2) is 31.8 Å². The third-order valence-electron chi connectivity index (χ3n) is 5.47. The average molecular weight is 390 g/mol. The van der Waals surface area contributed by atoms with Gasteiger partial charge in [-0.15, -0.1) is 0 Å². The number of aryl methyl sites for hydroxylation is 1. The molecule has 6 heteroatoms. The predicted molar refractivity (Wildman–Crippen MR) is 121 cm³/mol. The molecule has 0 saturated carbocycles. The van der Waals surface area contributed by atoms with Crippen LogP contribution in [0.2, 0.25) is 0 Å². The Hall–Kier alpha value is -3.28. The number of rotatable bonds is 3. The van der Waals surface area contributed by atoms with E-state index in [4.69, 9.17) is 5.73 Å². The number of nitrogens with one attached hydrogen (secondary N) is 2. The van der Waals surface area contributed by atoms with E-state index in [2.05, 4.69) is 44.8 Å². The molecule has 4 rings (SSSR count). The molecule has 1 amide bonds. The predicted octanol–water partition coefficient (Wildman–Crippen LogP) is 3.91. The van der Waals surface area contributed by atoms with Gasteiger partial charge in [-0.3, -0.25) is 9.79 Å². The van der Waals surface area contributed by atoms with Crippen molar-refractivity contribution in [3.05, 3.63) is 53.7 Å². The van der Waals surface area contributed by atoms with Crippen LogP contribution in [0.15, 0.2) is 47.6 Å². The molecule has 0 aliphatic carbocycles. The molecule has 2 aliphatic rings. The number of carbonyl (C=O) groups is 1. The van der Waals surface area contributed by atoms with E-state index in [1.165, 1.54) is 11.3 Å². The Balaban J connectivity index is 1.76. The maximum absolute atomic E-state index is 12.1. The number of hydrogen-bond donors (Lipinski definition) is 3. The first-order valence-corrected chi connectivity index (χ1v) is 10.0. The number of fused-ring (bicyclic) bond motifs is 2. The third-order valence-corrected chi connectivity index (χ3v) is 5.47. The highest BCUT2D eigenvalue weighted by molar-refractivity contribution is 6.09. The number of nitrogens with two attached hydrogens (primary N) is 1. The molecular formula is C23H27N5O. The van der Waals surface area contributed by atoms with Crippen LogP contribution < -0.4 is 21.3 Å². The second kappa shape index (κ2) is 7.99. The second-order valence-corrected chi connectivity index (χ2v) is 7.61. The fourth-order valence-electron chi connectivity index (χ4n) is 4.18. The van der Waals surface area contributed by atoms with Gasteiger partial charge >= 0.3 is 0 Å². The van der Waals surface area contributed by atoms with Crippen molar-refractivity contribution in [3.63, 3.8) is 0 Å². The lowest BCUT2D eigenvalue weighted by Crippen LogP contribution is -2.26. The first-order valence-electron chi connectivity index (χ1n) is 10.0. The molecule has 0 fully saturated rings. The van der Waals surface area contributed by atoms with Gasteiger partial charge in [0.2, 0.25) is 5.91 Å². The van der Waals surface area contributed by atoms with E-state index >= 15 is 0 Å². The molecule has 1 atom stereocenters. The maximum atomic E-state index is 12.1. The summed E-state index contributed by atoms with van der Waals surface area (Å²) in [5.41, 5.74) is 13.2. The van der Waals surface area contributed by atoms with Crippen molar-refractivity contribution in [3.8, 4) is 0 Å². The number of benzene rings is 2. The lowest BCUT2D eigenvalue weighted by Gasteiger charge is -2.34. The van der Waals surface area contributed by atoms with Crippen molar-refractivity contribution >= 4 is 40.4 Å². The molecule has 0 bridgehead atoms. The number of para-hydroxylation sites is 1. The molecule has 2 aliphatic heterocycles. The van der Waals surface area contributed by atoms with E-state index in [9.17, 15) is 4.79 Å². The number of aliphatic imine (C=N–C) groups is 1. The Morgan fingerprint density at radius 3 is 2.93 bits per heavy atom. The molecule has 29 heavy (non-hydrogen) atoms. The lowest BCUT2D eigenvalue weighted by atomic mass is 9.96. The molecule has 0 spiro atoms. The normalized spacial score (nSPS) is 19.2. The summed E-state index contributed by atoms with van der Waals surface area (Å²) in [5.74, 6) is 0.0447. The zero-order valence-electron chi connectivity index (χ0n) is 16.9. The molecule has 2 heterocycles. The minimum Gasteiger partial charge on any atom is -0.404 e. The van der Waals surface area contributed by atoms with Crippen LogP contribution >= 0.6 is 0 Å². The average Bonchev–Trinajstić information content (AvgIpc) is 2.87. The summed E-state index contributed by atoms with van der Waals surface area (Å²) in [4.78, 5) is 18.6. The first kappa shape index (κ1) is 19.1. The maximum Gasteiger partial charge on any atom is 0.226 e. The van der Waals surface area contributed by atoms with Crippen LogP contribution in [-0.2, 0) is 11.2 Å². The Morgan fingerprint density at radius 2 is 2.14 bits per heavy atom. The van der Waals surface area contributed by atoms with Gasteiger partial charge in [0.15, 0.2) is 0 Å². The summed E-state index contributed by atoms with van der Waals surface area (Å²) < 4.78 is 0. The van der Waals surface area contributed by atoms with Crippen LogP contribution in [0.3, 0.4) is 0 Å². The van der Waals surface area contributed by atoms with Crippen molar-refractivity contribution in [2.45, 2.75) is 32.2 Å². The van der Waals surface area contributed by atoms with Crippen molar-refractivity contribution in [1.29, 1.82) is 0 Å². The Kier molecular flexibility index (Phi) is 5.25. The lowest BCUT2D eigenvalue weighted by molar-refractivity contribution is -0.116. The minimum atomic E-state index is 0.0447. The number of hydrogen-bond acceptors (Lipinski definition) is 5. The van der Waals surface area contributed by atoms with Crippen LogP contribution in [0.4, 0.5) is 22.7 Å². The highest BCUT2D eigenvalue weighted by Crippen LogP contribution is 2.42. The zero-order valence-corrected chi connectivity index (χ0v) is 16.9. The van der Waals surface area contributed by atoms with Crippen LogP contribution in [0.1, 0.15) is 30.9 Å². The molecule has 0 aromatic heterocycles. The largest absolute Gasteiger partial charge is 0.404 e. The number of allylic oxidation sites excluding steroid dienone is 1. The van der Waals surface area contributed by atoms with Gasteiger partial charge in [0.25, 0.3) is 0 Å². The van der Waals surface area contributed by atoms with Gasteiger partial charge in [-0.05, 0) is 55.2 Å². The highest BCUT2D eigenvalue weighted by Gasteiger charge is 2.25. The summed E-state index contributed by atoms with van der Waals surface area (Å²) in [7, 11) is 1.75. The topological polar surface area (TPSA) is 82.8 Å². The summed E-state index contributed by atoms with van der Waals surface area (Å²) in [5, 5.41) is 6.57. The molecular weight excluding hydrogens is 362 g/mol. The van der Waals surface area contributed by atoms with Gasteiger partial charge in [-0.25, -0.2) is 0 Å². The molecule has 0 unspecified atom stereocenters. The van der Waals surface area contributed by atoms with Gasteiger partial charge in [-0.1, -0.05) is 12.1 Å². The van der Waals surface area contributed by atoms with E-state index in [0.717, 1.165) is 47.6 Å². The zero-order chi connectivity index (χ0) is 20.4. The number of nitrogens with zero attached hydrogens (tertiary/aromatic N) is 2. The second-order valence-electron chi connectivity index (χ2n) is 7.61. The van der Waals surface area contributed by atoms with Crippen molar-refractivity contribution in [2.24, 2.45) is 10.7 Å². The molecule has 4 N–H and O–H groups in total. The Morgan fingerprint density at radius 1 is 1.28 bits per heavy atom. The van der Waals surface area contributed by atoms with Gasteiger partial charge in [0.1, 0.15) is 0 Å². The van der Waals surface area contributed by atoms with Crippen LogP contribution in [0.25, 0.3) is 5.57 Å². The van der Waals surface area contributed by atoms with Crippen molar-refractivity contribution < 1.29 is 4.79 Å². The molecule has 0 saturated heterocycles. The van der Waals surface area contributed by atoms with Crippen LogP contribution in [0, 0.1) is 0 Å². The SMILES string of the molecule is CN=C/C(=C\N)c1ccc2c(c1)CCCN2c1cccc2c1N[C@H](C)CC(=O)N2. The van der Waals surface area contributed by atoms with E-state index in [-0.39, 0.29) is 11.9 Å². The first-order chi connectivity index (χ1) is 14.1. The molecule has 2 aromatic rings. The van der Waals surface area contributed by atoms with Gasteiger partial charge in [0, 0.05) is 49.7 Å². The summed E-state index contributed by atoms with van der Waals surface area (Å²) in [6.45, 7) is 2.97. The Bertz CT molecular complexity index is 995. The molecule has 0 radical (unpaired) electrons. The summed E-state index contributed by atoms with van der Waals surface area (Å²) in [6, 6.07) is 12.6. The smallest absolute Gasteiger partial charge is 0.226 e. The van der Waals surface area contributed by atoms with Gasteiger partial charge in [-0.2, -0.15) is 0 Å². The van der Waals surface area contributed by atoms with Crippen molar-refractivity contribution in [2.75, 3.05) is 29.1 Å². The fraction of sp³-hybridized carbons (Fsp3) is 0.304. The standard InChI is InChI=1S/C23H27N5O/c1-15-11-22(29)27-19-6-3-7-21(23(19)26-15)28-10-4-5-17-12-16(8-9-20(17)28)18(13-24)14-25-2/h3,6-9,12-15,26H,4-5,10-11,24H2,1-2H3,(H,27,29)/b18-13+,25-14?/t15-/m1/s1. The van der Waals surface area contributed by atoms with E-state index in [0.29, 0.717) is 6.42 Å².